The van der Waals surface area contributed by atoms with Crippen molar-refractivity contribution in [2.75, 3.05) is 0 Å². The number of rotatable bonds is 5. The van der Waals surface area contributed by atoms with Crippen LogP contribution in [0.5, 0.6) is 0 Å². The molecule has 0 heterocycles. The Morgan fingerprint density at radius 1 is 0.455 bits per heavy atom. The van der Waals surface area contributed by atoms with Gasteiger partial charge < -0.3 is 24.8 Å². The number of hydrogen-bond acceptors (Lipinski definition) is 0. The molecule has 0 bridgehead atoms. The summed E-state index contributed by atoms with van der Waals surface area (Å²) in [5, 5.41) is 0. The third-order valence-electron chi connectivity index (χ3n) is 8.89. The standard InChI is InChI=1S/C15H11.C13H9.C13H10.2ClH.Zr/c1-2-5-12(6-3-1)15-10-9-13-7-4-8-14(13)11-15;1-3-7-12-10(5-1)9-11-6-2-4-8-13(11)12;1-3-7-12(8-4-1)11-13-9-5-2-6-10-13;;;/h1-11H;1-9H;1-10H;2*1H;/q;;;;;+2/p-2. The minimum absolute atomic E-state index is 0. The minimum Gasteiger partial charge on any atom is -1.00 e. The molecule has 8 rings (SSSR count). The maximum absolute atomic E-state index is 2.74. The van der Waals surface area contributed by atoms with Crippen molar-refractivity contribution in [1.29, 1.82) is 0 Å². The average molecular weight is 685 g/mol. The normalized spacial score (nSPS) is 13.8. The molecule has 3 heteroatoms. The fourth-order valence-electron chi connectivity index (χ4n) is 7.07. The van der Waals surface area contributed by atoms with Gasteiger partial charge in [0.05, 0.1) is 0 Å². The predicted octanol–water partition coefficient (Wildman–Crippen LogP) is 4.09. The van der Waals surface area contributed by atoms with Crippen LogP contribution in [0.4, 0.5) is 0 Å². The molecule has 0 saturated carbocycles. The third kappa shape index (κ3) is 5.33. The van der Waals surface area contributed by atoms with Gasteiger partial charge in [-0.1, -0.05) is 0 Å². The molecule has 44 heavy (non-hydrogen) atoms. The molecule has 0 radical (unpaired) electrons. The van der Waals surface area contributed by atoms with E-state index in [0.717, 1.165) is 0 Å². The van der Waals surface area contributed by atoms with Gasteiger partial charge in [-0.3, -0.25) is 0 Å². The predicted molar refractivity (Wildman–Crippen MR) is 173 cm³/mol. The van der Waals surface area contributed by atoms with Gasteiger partial charge in [-0.15, -0.1) is 0 Å². The summed E-state index contributed by atoms with van der Waals surface area (Å²) < 4.78 is 2.45. The zero-order chi connectivity index (χ0) is 27.9. The molecule has 0 N–H and O–H groups in total. The quantitative estimate of drug-likeness (QED) is 0.257. The summed E-state index contributed by atoms with van der Waals surface area (Å²) in [6.45, 7) is 0. The van der Waals surface area contributed by atoms with Gasteiger partial charge in [-0.05, 0) is 0 Å². The van der Waals surface area contributed by atoms with Crippen LogP contribution in [0, 0.1) is 0 Å². The SMILES string of the molecule is C1=C[CH]([Zr+2](=[C](c2ccccc2)c2ccccc2)[CH]2c3ccccc3-c3ccccc32)c2ccc(-c3ccccc3)cc21.[Cl-].[Cl-]. The molecular formula is C41H30Cl2Zr. The zero-order valence-corrected chi connectivity index (χ0v) is 28.0. The molecule has 1 unspecified atom stereocenters. The summed E-state index contributed by atoms with van der Waals surface area (Å²) in [6.07, 6.45) is 4.97. The molecule has 0 amide bonds. The molecule has 0 spiro atoms. The van der Waals surface area contributed by atoms with Gasteiger partial charge >= 0.3 is 257 Å². The van der Waals surface area contributed by atoms with E-state index in [9.17, 15) is 0 Å². The largest absolute Gasteiger partial charge is 1.00 e. The number of allylic oxidation sites excluding steroid dienone is 1. The second kappa shape index (κ2) is 13.2. The van der Waals surface area contributed by atoms with E-state index in [1.54, 1.807) is 3.21 Å². The van der Waals surface area contributed by atoms with Crippen molar-refractivity contribution in [3.63, 3.8) is 0 Å². The second-order valence-corrected chi connectivity index (χ2v) is 17.6. The Morgan fingerprint density at radius 2 is 0.955 bits per heavy atom. The van der Waals surface area contributed by atoms with Gasteiger partial charge in [0.2, 0.25) is 0 Å². The smallest absolute Gasteiger partial charge is 1.00 e. The molecule has 2 aliphatic carbocycles. The number of benzene rings is 6. The number of hydrogen-bond donors (Lipinski definition) is 0. The van der Waals surface area contributed by atoms with Crippen molar-refractivity contribution >= 4 is 9.28 Å². The van der Waals surface area contributed by atoms with Crippen molar-refractivity contribution in [3.05, 3.63) is 197 Å². The topological polar surface area (TPSA) is 0 Å². The molecular weight excluding hydrogens is 655 g/mol. The van der Waals surface area contributed by atoms with Gasteiger partial charge in [0, 0.05) is 0 Å². The summed E-state index contributed by atoms with van der Waals surface area (Å²) in [5.41, 5.74) is 14.0. The first-order chi connectivity index (χ1) is 20.9. The minimum atomic E-state index is -2.74. The van der Waals surface area contributed by atoms with Crippen LogP contribution in [0.3, 0.4) is 0 Å². The van der Waals surface area contributed by atoms with Gasteiger partial charge in [0.15, 0.2) is 0 Å². The van der Waals surface area contributed by atoms with E-state index >= 15 is 0 Å². The number of fused-ring (bicyclic) bond motifs is 4. The molecule has 6 aromatic rings. The Balaban J connectivity index is 0.00000171. The van der Waals surface area contributed by atoms with Crippen LogP contribution >= 0.6 is 0 Å². The Hall–Kier alpha value is -3.61. The second-order valence-electron chi connectivity index (χ2n) is 11.2. The number of halogens is 2. The van der Waals surface area contributed by atoms with Crippen LogP contribution in [0.2, 0.25) is 0 Å². The first kappa shape index (κ1) is 30.4. The van der Waals surface area contributed by atoms with Crippen LogP contribution in [-0.2, 0) is 21.3 Å². The molecule has 6 aromatic carbocycles. The van der Waals surface area contributed by atoms with E-state index in [0.29, 0.717) is 7.25 Å². The summed E-state index contributed by atoms with van der Waals surface area (Å²) >= 11 is -2.74. The summed E-state index contributed by atoms with van der Waals surface area (Å²) in [6, 6.07) is 58.8. The summed E-state index contributed by atoms with van der Waals surface area (Å²) in [4.78, 5) is 0. The van der Waals surface area contributed by atoms with Crippen LogP contribution in [-0.4, -0.2) is 3.21 Å². The van der Waals surface area contributed by atoms with Crippen LogP contribution < -0.4 is 24.8 Å². The van der Waals surface area contributed by atoms with E-state index in [-0.39, 0.29) is 24.8 Å². The Kier molecular flexibility index (Phi) is 9.11. The molecule has 0 saturated heterocycles. The van der Waals surface area contributed by atoms with Crippen molar-refractivity contribution in [1.82, 2.24) is 0 Å². The van der Waals surface area contributed by atoms with Gasteiger partial charge in [-0.2, -0.15) is 0 Å². The van der Waals surface area contributed by atoms with Gasteiger partial charge in [0.25, 0.3) is 0 Å². The van der Waals surface area contributed by atoms with Crippen molar-refractivity contribution in [2.24, 2.45) is 0 Å². The molecule has 0 fully saturated rings. The maximum Gasteiger partial charge on any atom is -1.00 e. The molecule has 0 aliphatic heterocycles. The molecule has 212 valence electrons. The monoisotopic (exact) mass is 682 g/mol. The van der Waals surface area contributed by atoms with Crippen LogP contribution in [0.15, 0.2) is 164 Å². The first-order valence-corrected chi connectivity index (χ1v) is 18.8. The molecule has 2 aliphatic rings. The summed E-state index contributed by atoms with van der Waals surface area (Å²) in [5.74, 6) is 0. The Morgan fingerprint density at radius 3 is 1.52 bits per heavy atom. The van der Waals surface area contributed by atoms with E-state index < -0.39 is 21.3 Å². The summed E-state index contributed by atoms with van der Waals surface area (Å²) in [7, 11) is 0. The zero-order valence-electron chi connectivity index (χ0n) is 24.1. The van der Waals surface area contributed by atoms with Gasteiger partial charge in [0.1, 0.15) is 0 Å². The van der Waals surface area contributed by atoms with Crippen LogP contribution in [0.25, 0.3) is 28.3 Å². The van der Waals surface area contributed by atoms with Crippen molar-refractivity contribution < 1.29 is 46.1 Å². The Bertz CT molecular complexity index is 1890. The third-order valence-corrected chi connectivity index (χ3v) is 17.7. The molecule has 0 nitrogen and oxygen atoms in total. The van der Waals surface area contributed by atoms with E-state index in [1.807, 2.05) is 0 Å². The van der Waals surface area contributed by atoms with Crippen molar-refractivity contribution in [2.45, 2.75) is 7.25 Å². The molecule has 1 atom stereocenters. The van der Waals surface area contributed by atoms with Crippen LogP contribution in [0.1, 0.15) is 40.6 Å². The van der Waals surface area contributed by atoms with Gasteiger partial charge in [-0.25, -0.2) is 0 Å². The Labute approximate surface area is 280 Å². The van der Waals surface area contributed by atoms with E-state index in [1.165, 1.54) is 55.6 Å². The first-order valence-electron chi connectivity index (χ1n) is 14.8. The average Bonchev–Trinajstić information content (AvgIpc) is 3.64. The van der Waals surface area contributed by atoms with E-state index in [2.05, 4.69) is 170 Å². The van der Waals surface area contributed by atoms with Crippen molar-refractivity contribution in [3.8, 4) is 22.3 Å². The fraction of sp³-hybridized carbons (Fsp3) is 0.0488. The fourth-order valence-corrected chi connectivity index (χ4v) is 17.0. The van der Waals surface area contributed by atoms with E-state index in [4.69, 9.17) is 0 Å². The maximum atomic E-state index is 2.56. The molecule has 0 aromatic heterocycles.